The van der Waals surface area contributed by atoms with E-state index < -0.39 is 0 Å². The van der Waals surface area contributed by atoms with Gasteiger partial charge in [0.1, 0.15) is 12.9 Å². The van der Waals surface area contributed by atoms with Crippen LogP contribution in [0, 0.1) is 6.92 Å². The molecule has 28 heavy (non-hydrogen) atoms. The molecule has 2 aromatic carbocycles. The molecule has 0 radical (unpaired) electrons. The number of carbonyl (C=O) groups excluding carboxylic acids is 1. The molecule has 6 nitrogen and oxygen atoms in total. The second-order valence-corrected chi connectivity index (χ2v) is 7.03. The van der Waals surface area contributed by atoms with Gasteiger partial charge in [0, 0.05) is 23.3 Å². The van der Waals surface area contributed by atoms with E-state index in [-0.39, 0.29) is 18.3 Å². The Kier molecular flexibility index (Phi) is 4.88. The number of rotatable bonds is 2. The van der Waals surface area contributed by atoms with Crippen LogP contribution in [0.3, 0.4) is 0 Å². The first-order valence-corrected chi connectivity index (χ1v) is 9.21. The van der Waals surface area contributed by atoms with E-state index in [4.69, 9.17) is 16.3 Å². The van der Waals surface area contributed by atoms with Crippen LogP contribution < -0.4 is 4.74 Å². The highest BCUT2D eigenvalue weighted by Gasteiger charge is 2.25. The number of aryl methyl sites for hydroxylation is 1. The summed E-state index contributed by atoms with van der Waals surface area (Å²) < 4.78 is 5.74. The van der Waals surface area contributed by atoms with Gasteiger partial charge in [-0.15, -0.1) is 0 Å². The predicted molar refractivity (Wildman–Crippen MR) is 106 cm³/mol. The average molecular weight is 396 g/mol. The number of nitrogens with zero attached hydrogens (tertiary/aromatic N) is 3. The monoisotopic (exact) mass is 395 g/mol. The summed E-state index contributed by atoms with van der Waals surface area (Å²) in [6.07, 6.45) is 2.94. The number of ether oxygens (including phenoxy) is 1. The second-order valence-electron chi connectivity index (χ2n) is 6.59. The third kappa shape index (κ3) is 3.51. The summed E-state index contributed by atoms with van der Waals surface area (Å²) >= 11 is 6.10. The summed E-state index contributed by atoms with van der Waals surface area (Å²) in [5, 5.41) is 11.1. The maximum Gasteiger partial charge on any atom is 0.257 e. The Morgan fingerprint density at radius 2 is 2.11 bits per heavy atom. The van der Waals surface area contributed by atoms with Gasteiger partial charge in [-0.2, -0.15) is 0 Å². The van der Waals surface area contributed by atoms with Crippen LogP contribution in [0.4, 0.5) is 0 Å². The SMILES string of the molecule is Cc1ncncc1C(=O)N1CCOc2c(O)cc(-c3cccc(Cl)c3)cc2C1. The fourth-order valence-electron chi connectivity index (χ4n) is 3.28. The van der Waals surface area contributed by atoms with Gasteiger partial charge in [0.15, 0.2) is 11.5 Å². The van der Waals surface area contributed by atoms with Crippen molar-refractivity contribution in [1.82, 2.24) is 14.9 Å². The molecular weight excluding hydrogens is 378 g/mol. The Morgan fingerprint density at radius 3 is 2.89 bits per heavy atom. The summed E-state index contributed by atoms with van der Waals surface area (Å²) in [5.74, 6) is 0.283. The number of phenols is 1. The molecule has 0 saturated heterocycles. The number of hydrogen-bond acceptors (Lipinski definition) is 5. The zero-order chi connectivity index (χ0) is 19.7. The number of amides is 1. The minimum Gasteiger partial charge on any atom is -0.504 e. The van der Waals surface area contributed by atoms with Gasteiger partial charge < -0.3 is 14.7 Å². The van der Waals surface area contributed by atoms with E-state index in [1.165, 1.54) is 12.5 Å². The van der Waals surface area contributed by atoms with Crippen LogP contribution in [0.15, 0.2) is 48.9 Å². The number of phenolic OH excluding ortho intramolecular Hbond substituents is 1. The van der Waals surface area contributed by atoms with Crippen molar-refractivity contribution in [3.8, 4) is 22.6 Å². The van der Waals surface area contributed by atoms with Crippen molar-refractivity contribution in [3.63, 3.8) is 0 Å². The molecule has 0 atom stereocenters. The van der Waals surface area contributed by atoms with E-state index in [0.29, 0.717) is 35.1 Å². The molecule has 1 N–H and O–H groups in total. The van der Waals surface area contributed by atoms with E-state index in [2.05, 4.69) is 9.97 Å². The summed E-state index contributed by atoms with van der Waals surface area (Å²) in [4.78, 5) is 22.7. The quantitative estimate of drug-likeness (QED) is 0.713. The summed E-state index contributed by atoms with van der Waals surface area (Å²) in [6.45, 7) is 2.77. The summed E-state index contributed by atoms with van der Waals surface area (Å²) in [5.41, 5.74) is 3.49. The van der Waals surface area contributed by atoms with Gasteiger partial charge in [-0.3, -0.25) is 4.79 Å². The third-order valence-electron chi connectivity index (χ3n) is 4.70. The largest absolute Gasteiger partial charge is 0.504 e. The van der Waals surface area contributed by atoms with Crippen molar-refractivity contribution in [1.29, 1.82) is 0 Å². The lowest BCUT2D eigenvalue weighted by Crippen LogP contribution is -2.33. The van der Waals surface area contributed by atoms with Crippen LogP contribution >= 0.6 is 11.6 Å². The molecule has 1 aromatic heterocycles. The topological polar surface area (TPSA) is 75.6 Å². The van der Waals surface area contributed by atoms with Crippen LogP contribution in [0.1, 0.15) is 21.6 Å². The van der Waals surface area contributed by atoms with Crippen molar-refractivity contribution in [3.05, 3.63) is 70.8 Å². The van der Waals surface area contributed by atoms with Gasteiger partial charge in [-0.1, -0.05) is 23.7 Å². The van der Waals surface area contributed by atoms with Crippen LogP contribution in [0.5, 0.6) is 11.5 Å². The molecule has 0 saturated carbocycles. The number of aromatic nitrogens is 2. The van der Waals surface area contributed by atoms with Gasteiger partial charge in [0.2, 0.25) is 0 Å². The fourth-order valence-corrected chi connectivity index (χ4v) is 3.47. The van der Waals surface area contributed by atoms with Crippen LogP contribution in [0.25, 0.3) is 11.1 Å². The number of hydrogen-bond donors (Lipinski definition) is 1. The van der Waals surface area contributed by atoms with E-state index in [1.54, 1.807) is 24.0 Å². The molecule has 1 amide bonds. The molecule has 1 aliphatic rings. The lowest BCUT2D eigenvalue weighted by molar-refractivity contribution is 0.0731. The lowest BCUT2D eigenvalue weighted by atomic mass is 10.0. The van der Waals surface area contributed by atoms with Gasteiger partial charge in [0.05, 0.1) is 17.8 Å². The maximum absolute atomic E-state index is 13.0. The lowest BCUT2D eigenvalue weighted by Gasteiger charge is -2.20. The van der Waals surface area contributed by atoms with Gasteiger partial charge in [-0.25, -0.2) is 9.97 Å². The Labute approximate surface area is 167 Å². The first-order chi connectivity index (χ1) is 13.5. The molecule has 3 aromatic rings. The molecule has 142 valence electrons. The predicted octanol–water partition coefficient (Wildman–Crippen LogP) is 3.85. The number of fused-ring (bicyclic) bond motifs is 1. The van der Waals surface area contributed by atoms with Crippen molar-refractivity contribution >= 4 is 17.5 Å². The average Bonchev–Trinajstić information content (AvgIpc) is 2.91. The van der Waals surface area contributed by atoms with E-state index in [0.717, 1.165) is 16.7 Å². The fraction of sp³-hybridized carbons (Fsp3) is 0.190. The Bertz CT molecular complexity index is 1050. The minimum atomic E-state index is -0.165. The third-order valence-corrected chi connectivity index (χ3v) is 4.94. The van der Waals surface area contributed by atoms with E-state index in [1.807, 2.05) is 24.3 Å². The Balaban J connectivity index is 1.71. The highest BCUT2D eigenvalue weighted by Crippen LogP contribution is 2.38. The molecule has 0 bridgehead atoms. The van der Waals surface area contributed by atoms with Crippen molar-refractivity contribution in [2.45, 2.75) is 13.5 Å². The normalized spacial score (nSPS) is 13.4. The van der Waals surface area contributed by atoms with Gasteiger partial charge >= 0.3 is 0 Å². The summed E-state index contributed by atoms with van der Waals surface area (Å²) in [7, 11) is 0. The number of benzene rings is 2. The van der Waals surface area contributed by atoms with E-state index in [9.17, 15) is 9.90 Å². The molecule has 1 aliphatic heterocycles. The van der Waals surface area contributed by atoms with Gasteiger partial charge in [-0.05, 0) is 42.3 Å². The molecule has 0 spiro atoms. The van der Waals surface area contributed by atoms with Crippen LogP contribution in [-0.2, 0) is 6.54 Å². The number of carbonyl (C=O) groups is 1. The van der Waals surface area contributed by atoms with Crippen LogP contribution in [-0.4, -0.2) is 39.0 Å². The number of aromatic hydroxyl groups is 1. The smallest absolute Gasteiger partial charge is 0.257 e. The van der Waals surface area contributed by atoms with Gasteiger partial charge in [0.25, 0.3) is 5.91 Å². The van der Waals surface area contributed by atoms with Crippen molar-refractivity contribution < 1.29 is 14.6 Å². The number of halogens is 1. The Morgan fingerprint density at radius 1 is 1.25 bits per heavy atom. The van der Waals surface area contributed by atoms with Crippen molar-refractivity contribution in [2.75, 3.05) is 13.2 Å². The highest BCUT2D eigenvalue weighted by atomic mass is 35.5. The first-order valence-electron chi connectivity index (χ1n) is 8.83. The molecule has 0 unspecified atom stereocenters. The second kappa shape index (κ2) is 7.48. The first kappa shape index (κ1) is 18.3. The zero-order valence-corrected chi connectivity index (χ0v) is 16.0. The molecule has 0 aliphatic carbocycles. The molecular formula is C21H18ClN3O3. The molecule has 0 fully saturated rings. The summed E-state index contributed by atoms with van der Waals surface area (Å²) in [6, 6.07) is 11.0. The van der Waals surface area contributed by atoms with Crippen LogP contribution in [0.2, 0.25) is 5.02 Å². The molecule has 7 heteroatoms. The highest BCUT2D eigenvalue weighted by molar-refractivity contribution is 6.30. The standard InChI is InChI=1S/C21H18ClN3O3/c1-13-18(10-23-12-24-13)21(27)25-5-6-28-20-16(11-25)7-15(9-19(20)26)14-3-2-4-17(22)8-14/h2-4,7-10,12,26H,5-6,11H2,1H3. The minimum absolute atomic E-state index is 0.0426. The Hall–Kier alpha value is -3.12. The van der Waals surface area contributed by atoms with Crippen molar-refractivity contribution in [2.24, 2.45) is 0 Å². The zero-order valence-electron chi connectivity index (χ0n) is 15.2. The van der Waals surface area contributed by atoms with E-state index >= 15 is 0 Å². The molecule has 4 rings (SSSR count). The molecule has 2 heterocycles. The maximum atomic E-state index is 13.0.